The molecule has 0 amide bonds. The largest absolute Gasteiger partial charge is 0.307 e. The molecule has 0 aliphatic heterocycles. The van der Waals surface area contributed by atoms with Gasteiger partial charge in [0.25, 0.3) is 5.91 Å². The molecular weight excluding hydrogens is 290 g/mol. The molecule has 0 unspecified atom stereocenters. The minimum atomic E-state index is -0.600. The van der Waals surface area contributed by atoms with Crippen molar-refractivity contribution in [1.82, 2.24) is 9.78 Å². The summed E-state index contributed by atoms with van der Waals surface area (Å²) < 4.78 is 1.70. The van der Waals surface area contributed by atoms with E-state index in [1.54, 1.807) is 24.3 Å². The summed E-state index contributed by atoms with van der Waals surface area (Å²) >= 11 is 3.24. The first-order valence-electron chi connectivity index (χ1n) is 4.57. The zero-order chi connectivity index (χ0) is 12.4. The summed E-state index contributed by atoms with van der Waals surface area (Å²) in [6, 6.07) is 6.72. The normalized spacial score (nSPS) is 10.2. The van der Waals surface area contributed by atoms with Gasteiger partial charge in [-0.1, -0.05) is 22.0 Å². The highest BCUT2D eigenvalue weighted by atomic mass is 79.9. The maximum absolute atomic E-state index is 11.9. The zero-order valence-electron chi connectivity index (χ0n) is 8.41. The van der Waals surface area contributed by atoms with Gasteiger partial charge in [0, 0.05) is 10.0 Å². The molecule has 6 nitrogen and oxygen atoms in total. The van der Waals surface area contributed by atoms with Gasteiger partial charge in [-0.25, -0.2) is 0 Å². The Kier molecular flexibility index (Phi) is 3.01. The van der Waals surface area contributed by atoms with Crippen molar-refractivity contribution in [2.24, 2.45) is 0 Å². The van der Waals surface area contributed by atoms with Crippen molar-refractivity contribution in [3.63, 3.8) is 0 Å². The number of aromatic nitrogens is 2. The summed E-state index contributed by atoms with van der Waals surface area (Å²) in [7, 11) is 0. The van der Waals surface area contributed by atoms with Crippen molar-refractivity contribution >= 4 is 27.5 Å². The van der Waals surface area contributed by atoms with Crippen LogP contribution in [0.5, 0.6) is 0 Å². The van der Waals surface area contributed by atoms with Crippen molar-refractivity contribution in [1.29, 1.82) is 0 Å². The van der Waals surface area contributed by atoms with Crippen LogP contribution in [0.3, 0.4) is 0 Å². The lowest BCUT2D eigenvalue weighted by Crippen LogP contribution is -2.12. The number of carbonyl (C=O) groups excluding carboxylic acids is 1. The molecular formula is C10H6BrN3O3. The number of rotatable bonds is 2. The van der Waals surface area contributed by atoms with Crippen LogP contribution in [0, 0.1) is 10.1 Å². The lowest BCUT2D eigenvalue weighted by Gasteiger charge is -1.99. The summed E-state index contributed by atoms with van der Waals surface area (Å²) in [5.74, 6) is -0.417. The van der Waals surface area contributed by atoms with Crippen LogP contribution in [0.1, 0.15) is 10.4 Å². The zero-order valence-corrected chi connectivity index (χ0v) is 9.99. The van der Waals surface area contributed by atoms with Gasteiger partial charge >= 0.3 is 5.69 Å². The molecule has 1 heterocycles. The van der Waals surface area contributed by atoms with Crippen molar-refractivity contribution in [3.05, 3.63) is 56.8 Å². The second-order valence-corrected chi connectivity index (χ2v) is 4.13. The number of hydrogen-bond donors (Lipinski definition) is 0. The predicted molar refractivity (Wildman–Crippen MR) is 62.8 cm³/mol. The molecule has 0 atom stereocenters. The summed E-state index contributed by atoms with van der Waals surface area (Å²) in [6.45, 7) is 0. The first kappa shape index (κ1) is 11.5. The van der Waals surface area contributed by atoms with Gasteiger partial charge in [0.2, 0.25) is 0 Å². The van der Waals surface area contributed by atoms with Crippen molar-refractivity contribution in [2.45, 2.75) is 0 Å². The Morgan fingerprint density at radius 1 is 1.47 bits per heavy atom. The molecule has 7 heteroatoms. The topological polar surface area (TPSA) is 78.0 Å². The Labute approximate surface area is 104 Å². The standard InChI is InChI=1S/C10H6BrN3O3/c11-8-3-1-2-7(4-8)10(15)13-6-9(5-12-13)14(16)17/h1-6H. The molecule has 0 spiro atoms. The van der Waals surface area contributed by atoms with Crippen LogP contribution in [0.25, 0.3) is 0 Å². The van der Waals surface area contributed by atoms with E-state index < -0.39 is 10.8 Å². The Balaban J connectivity index is 2.34. The first-order chi connectivity index (χ1) is 8.08. The van der Waals surface area contributed by atoms with Crippen LogP contribution in [0.4, 0.5) is 5.69 Å². The summed E-state index contributed by atoms with van der Waals surface area (Å²) in [4.78, 5) is 21.8. The van der Waals surface area contributed by atoms with Gasteiger partial charge in [0.15, 0.2) is 0 Å². The highest BCUT2D eigenvalue weighted by Gasteiger charge is 2.15. The van der Waals surface area contributed by atoms with Gasteiger partial charge in [-0.2, -0.15) is 9.78 Å². The van der Waals surface area contributed by atoms with Gasteiger partial charge in [-0.3, -0.25) is 14.9 Å². The minimum Gasteiger partial charge on any atom is -0.267 e. The molecule has 0 saturated heterocycles. The van der Waals surface area contributed by atoms with Crippen LogP contribution < -0.4 is 0 Å². The van der Waals surface area contributed by atoms with E-state index in [1.165, 1.54) is 0 Å². The smallest absolute Gasteiger partial charge is 0.267 e. The quantitative estimate of drug-likeness (QED) is 0.629. The summed E-state index contributed by atoms with van der Waals surface area (Å²) in [5.41, 5.74) is 0.186. The Morgan fingerprint density at radius 3 is 2.82 bits per heavy atom. The maximum atomic E-state index is 11.9. The van der Waals surface area contributed by atoms with Gasteiger partial charge in [-0.05, 0) is 18.2 Å². The third kappa shape index (κ3) is 2.39. The molecule has 0 aliphatic rings. The predicted octanol–water partition coefficient (Wildman–Crippen LogP) is 2.24. The second kappa shape index (κ2) is 4.46. The Morgan fingerprint density at radius 2 is 2.24 bits per heavy atom. The lowest BCUT2D eigenvalue weighted by atomic mass is 10.2. The van der Waals surface area contributed by atoms with Crippen molar-refractivity contribution in [2.75, 3.05) is 0 Å². The molecule has 0 N–H and O–H groups in total. The third-order valence-corrected chi connectivity index (χ3v) is 2.55. The van der Waals surface area contributed by atoms with E-state index in [0.29, 0.717) is 5.56 Å². The van der Waals surface area contributed by atoms with Gasteiger partial charge in [0.05, 0.1) is 4.92 Å². The van der Waals surface area contributed by atoms with E-state index in [2.05, 4.69) is 21.0 Å². The molecule has 0 fully saturated rings. The Bertz CT molecular complexity index is 594. The molecule has 86 valence electrons. The van der Waals surface area contributed by atoms with Crippen LogP contribution in [-0.2, 0) is 0 Å². The summed E-state index contributed by atoms with van der Waals surface area (Å²) in [5, 5.41) is 14.1. The fourth-order valence-electron chi connectivity index (χ4n) is 1.27. The van der Waals surface area contributed by atoms with Crippen molar-refractivity contribution in [3.8, 4) is 0 Å². The van der Waals surface area contributed by atoms with E-state index >= 15 is 0 Å². The first-order valence-corrected chi connectivity index (χ1v) is 5.36. The van der Waals surface area contributed by atoms with Gasteiger partial charge in [0.1, 0.15) is 12.4 Å². The molecule has 0 radical (unpaired) electrons. The number of hydrogen-bond acceptors (Lipinski definition) is 4. The molecule has 2 rings (SSSR count). The number of halogens is 1. The van der Waals surface area contributed by atoms with Crippen LogP contribution >= 0.6 is 15.9 Å². The SMILES string of the molecule is O=C(c1cccc(Br)c1)n1cc([N+](=O)[O-])cn1. The van der Waals surface area contributed by atoms with Crippen LogP contribution in [-0.4, -0.2) is 20.6 Å². The molecule has 1 aromatic carbocycles. The van der Waals surface area contributed by atoms with E-state index in [1.807, 2.05) is 0 Å². The number of nitro groups is 1. The molecule has 17 heavy (non-hydrogen) atoms. The van der Waals surface area contributed by atoms with Crippen LogP contribution in [0.2, 0.25) is 0 Å². The fraction of sp³-hybridized carbons (Fsp3) is 0. The molecule has 0 aliphatic carbocycles. The van der Waals surface area contributed by atoms with Gasteiger partial charge < -0.3 is 0 Å². The molecule has 0 saturated carbocycles. The maximum Gasteiger partial charge on any atom is 0.307 e. The molecule has 0 bridgehead atoms. The minimum absolute atomic E-state index is 0.214. The highest BCUT2D eigenvalue weighted by Crippen LogP contribution is 2.14. The van der Waals surface area contributed by atoms with Crippen LogP contribution in [0.15, 0.2) is 41.1 Å². The molecule has 2 aromatic rings. The van der Waals surface area contributed by atoms with E-state index in [9.17, 15) is 14.9 Å². The fourth-order valence-corrected chi connectivity index (χ4v) is 1.67. The Hall–Kier alpha value is -2.02. The number of carbonyl (C=O) groups is 1. The number of nitrogens with zero attached hydrogens (tertiary/aromatic N) is 3. The second-order valence-electron chi connectivity index (χ2n) is 3.22. The third-order valence-electron chi connectivity index (χ3n) is 2.06. The monoisotopic (exact) mass is 295 g/mol. The molecule has 1 aromatic heterocycles. The average molecular weight is 296 g/mol. The lowest BCUT2D eigenvalue weighted by molar-refractivity contribution is -0.384. The van der Waals surface area contributed by atoms with E-state index in [-0.39, 0.29) is 5.69 Å². The summed E-state index contributed by atoms with van der Waals surface area (Å²) in [6.07, 6.45) is 2.12. The highest BCUT2D eigenvalue weighted by molar-refractivity contribution is 9.10. The van der Waals surface area contributed by atoms with E-state index in [4.69, 9.17) is 0 Å². The average Bonchev–Trinajstić information content (AvgIpc) is 2.77. The van der Waals surface area contributed by atoms with Crippen molar-refractivity contribution < 1.29 is 9.72 Å². The van der Waals surface area contributed by atoms with Gasteiger partial charge in [-0.15, -0.1) is 0 Å². The number of benzene rings is 1. The van der Waals surface area contributed by atoms with E-state index in [0.717, 1.165) is 21.5 Å².